The maximum atomic E-state index is 7.08. The summed E-state index contributed by atoms with van der Waals surface area (Å²) >= 11 is 1.35. The van der Waals surface area contributed by atoms with Crippen molar-refractivity contribution in [1.82, 2.24) is 4.98 Å². The molecule has 1 heterocycles. The van der Waals surface area contributed by atoms with Crippen molar-refractivity contribution in [1.29, 1.82) is 5.41 Å². The van der Waals surface area contributed by atoms with Crippen molar-refractivity contribution in [2.24, 2.45) is 10.7 Å². The lowest BCUT2D eigenvalue weighted by Gasteiger charge is -1.98. The molecule has 1 aromatic carbocycles. The van der Waals surface area contributed by atoms with Gasteiger partial charge in [-0.1, -0.05) is 30.3 Å². The van der Waals surface area contributed by atoms with Gasteiger partial charge in [-0.15, -0.1) is 11.3 Å². The van der Waals surface area contributed by atoms with E-state index in [9.17, 15) is 0 Å². The van der Waals surface area contributed by atoms with E-state index >= 15 is 0 Å². The van der Waals surface area contributed by atoms with E-state index in [1.165, 1.54) is 11.3 Å². The van der Waals surface area contributed by atoms with Crippen LogP contribution in [0.5, 0.6) is 0 Å². The highest BCUT2D eigenvalue weighted by atomic mass is 32.1. The van der Waals surface area contributed by atoms with Gasteiger partial charge in [0.2, 0.25) is 10.8 Å². The Morgan fingerprint density at radius 1 is 1.25 bits per heavy atom. The van der Waals surface area contributed by atoms with Crippen LogP contribution in [0.1, 0.15) is 0 Å². The van der Waals surface area contributed by atoms with Crippen molar-refractivity contribution in [2.75, 3.05) is 0 Å². The van der Waals surface area contributed by atoms with Crippen LogP contribution in [0.4, 0.5) is 0 Å². The number of rotatable bonds is 1. The van der Waals surface area contributed by atoms with E-state index in [4.69, 9.17) is 11.1 Å². The summed E-state index contributed by atoms with van der Waals surface area (Å²) in [7, 11) is 0. The molecule has 0 fully saturated rings. The quantitative estimate of drug-likeness (QED) is 0.576. The minimum atomic E-state index is -0.228. The molecule has 0 unspecified atom stereocenters. The molecule has 5 heteroatoms. The first kappa shape index (κ1) is 10.5. The predicted octanol–water partition coefficient (Wildman–Crippen LogP) is 1.60. The van der Waals surface area contributed by atoms with E-state index in [-0.39, 0.29) is 5.96 Å². The molecule has 0 amide bonds. The van der Waals surface area contributed by atoms with Gasteiger partial charge in [0.1, 0.15) is 0 Å². The first-order chi connectivity index (χ1) is 7.75. The number of nitrogens with one attached hydrogen (secondary N) is 1. The number of hydrogen-bond donors (Lipinski definition) is 2. The minimum Gasteiger partial charge on any atom is -0.368 e. The summed E-state index contributed by atoms with van der Waals surface area (Å²) in [6.07, 6.45) is 0. The third kappa shape index (κ3) is 2.52. The molecule has 0 aliphatic rings. The topological polar surface area (TPSA) is 75.1 Å². The molecule has 0 saturated heterocycles. The van der Waals surface area contributed by atoms with E-state index in [1.54, 1.807) is 0 Å². The largest absolute Gasteiger partial charge is 0.368 e. The van der Waals surface area contributed by atoms with E-state index in [2.05, 4.69) is 9.98 Å². The molecule has 2 rings (SSSR count). The van der Waals surface area contributed by atoms with Crippen LogP contribution in [0.25, 0.3) is 11.3 Å². The average molecular weight is 230 g/mol. The Hall–Kier alpha value is -2.01. The lowest BCUT2D eigenvalue weighted by Crippen LogP contribution is -2.13. The van der Waals surface area contributed by atoms with Crippen molar-refractivity contribution >= 4 is 17.3 Å². The van der Waals surface area contributed by atoms with Crippen LogP contribution >= 0.6 is 11.3 Å². The SMILES string of the molecule is N=C(N)/N=c1/nc(-c2ccccc2)ccs1. The maximum Gasteiger partial charge on any atom is 0.215 e. The molecule has 4 nitrogen and oxygen atoms in total. The molecule has 1 aromatic heterocycles. The number of hydrogen-bond acceptors (Lipinski definition) is 3. The Labute approximate surface area is 96.6 Å². The summed E-state index contributed by atoms with van der Waals surface area (Å²) in [5.41, 5.74) is 7.05. The van der Waals surface area contributed by atoms with Crippen LogP contribution < -0.4 is 10.5 Å². The first-order valence-electron chi connectivity index (χ1n) is 4.66. The molecule has 0 spiro atoms. The number of nitrogens with zero attached hydrogens (tertiary/aromatic N) is 2. The van der Waals surface area contributed by atoms with Gasteiger partial charge in [-0.25, -0.2) is 4.98 Å². The summed E-state index contributed by atoms with van der Waals surface area (Å²) in [4.78, 5) is 8.62. The number of aromatic nitrogens is 1. The zero-order valence-electron chi connectivity index (χ0n) is 8.42. The Kier molecular flexibility index (Phi) is 3.07. The molecule has 3 N–H and O–H groups in total. The summed E-state index contributed by atoms with van der Waals surface area (Å²) in [6.45, 7) is 0. The van der Waals surface area contributed by atoms with Gasteiger partial charge in [-0.3, -0.25) is 5.41 Å². The standard InChI is InChI=1S/C11H10N4S/c12-10(13)15-11-14-9(6-7-16-11)8-4-2-1-3-5-8/h1-7H,(H3,12,13)/b15-11-. The summed E-state index contributed by atoms with van der Waals surface area (Å²) in [6, 6.07) is 11.7. The highest BCUT2D eigenvalue weighted by Gasteiger charge is 1.97. The van der Waals surface area contributed by atoms with Crippen LogP contribution in [0.15, 0.2) is 46.8 Å². The average Bonchev–Trinajstić information content (AvgIpc) is 2.30. The summed E-state index contributed by atoms with van der Waals surface area (Å²) in [5.74, 6) is -0.228. The van der Waals surface area contributed by atoms with E-state index in [1.807, 2.05) is 41.8 Å². The van der Waals surface area contributed by atoms with Crippen molar-refractivity contribution in [2.45, 2.75) is 0 Å². The molecular weight excluding hydrogens is 220 g/mol. The van der Waals surface area contributed by atoms with Gasteiger partial charge in [0.15, 0.2) is 0 Å². The van der Waals surface area contributed by atoms with Crippen LogP contribution in [0.3, 0.4) is 0 Å². The van der Waals surface area contributed by atoms with Crippen LogP contribution in [0.2, 0.25) is 0 Å². The smallest absolute Gasteiger partial charge is 0.215 e. The maximum absolute atomic E-state index is 7.08. The normalized spacial score (nSPS) is 11.4. The first-order valence-corrected chi connectivity index (χ1v) is 5.54. The monoisotopic (exact) mass is 230 g/mol. The molecular formula is C11H10N4S. The molecule has 0 radical (unpaired) electrons. The van der Waals surface area contributed by atoms with Crippen LogP contribution in [-0.4, -0.2) is 10.9 Å². The second-order valence-corrected chi connectivity index (χ2v) is 3.94. The zero-order chi connectivity index (χ0) is 11.4. The highest BCUT2D eigenvalue weighted by Crippen LogP contribution is 2.14. The highest BCUT2D eigenvalue weighted by molar-refractivity contribution is 7.06. The van der Waals surface area contributed by atoms with E-state index < -0.39 is 0 Å². The minimum absolute atomic E-state index is 0.228. The molecule has 0 aliphatic heterocycles. The second-order valence-electron chi connectivity index (χ2n) is 3.06. The lowest BCUT2D eigenvalue weighted by atomic mass is 10.2. The van der Waals surface area contributed by atoms with Gasteiger partial charge in [-0.2, -0.15) is 4.99 Å². The summed E-state index contributed by atoms with van der Waals surface area (Å²) in [5, 5.41) is 8.97. The second kappa shape index (κ2) is 4.67. The van der Waals surface area contributed by atoms with Crippen molar-refractivity contribution in [3.05, 3.63) is 46.6 Å². The fraction of sp³-hybridized carbons (Fsp3) is 0. The van der Waals surface area contributed by atoms with Gasteiger partial charge in [0.05, 0.1) is 5.69 Å². The zero-order valence-corrected chi connectivity index (χ0v) is 9.24. The van der Waals surface area contributed by atoms with Gasteiger partial charge >= 0.3 is 0 Å². The molecule has 16 heavy (non-hydrogen) atoms. The molecule has 2 aromatic rings. The number of nitrogens with two attached hydrogens (primary N) is 1. The van der Waals surface area contributed by atoms with Gasteiger partial charge in [0, 0.05) is 5.56 Å². The number of guanidine groups is 1. The van der Waals surface area contributed by atoms with Gasteiger partial charge in [0.25, 0.3) is 0 Å². The van der Waals surface area contributed by atoms with Gasteiger partial charge < -0.3 is 5.73 Å². The Morgan fingerprint density at radius 3 is 2.69 bits per heavy atom. The molecule has 0 saturated carbocycles. The third-order valence-corrected chi connectivity index (χ3v) is 2.57. The van der Waals surface area contributed by atoms with Crippen LogP contribution in [-0.2, 0) is 0 Å². The van der Waals surface area contributed by atoms with E-state index in [0.29, 0.717) is 4.80 Å². The summed E-state index contributed by atoms with van der Waals surface area (Å²) < 4.78 is 0. The molecule has 0 atom stereocenters. The van der Waals surface area contributed by atoms with Crippen molar-refractivity contribution < 1.29 is 0 Å². The number of benzene rings is 1. The Bertz CT molecular complexity index is 559. The fourth-order valence-corrected chi connectivity index (χ4v) is 1.87. The lowest BCUT2D eigenvalue weighted by molar-refractivity contribution is 1.21. The fourth-order valence-electron chi connectivity index (χ4n) is 1.25. The molecule has 0 bridgehead atoms. The predicted molar refractivity (Wildman–Crippen MR) is 65.0 cm³/mol. The Balaban J connectivity index is 2.49. The molecule has 0 aliphatic carbocycles. The molecule has 80 valence electrons. The third-order valence-electron chi connectivity index (χ3n) is 1.90. The van der Waals surface area contributed by atoms with Gasteiger partial charge in [-0.05, 0) is 11.4 Å². The Morgan fingerprint density at radius 2 is 2.00 bits per heavy atom. The van der Waals surface area contributed by atoms with Crippen LogP contribution in [0, 0.1) is 5.41 Å². The van der Waals surface area contributed by atoms with Crippen molar-refractivity contribution in [3.63, 3.8) is 0 Å². The van der Waals surface area contributed by atoms with E-state index in [0.717, 1.165) is 11.3 Å². The van der Waals surface area contributed by atoms with Crippen molar-refractivity contribution in [3.8, 4) is 11.3 Å².